The summed E-state index contributed by atoms with van der Waals surface area (Å²) < 4.78 is 40.1. The van der Waals surface area contributed by atoms with Crippen LogP contribution in [0.2, 0.25) is 0 Å². The highest BCUT2D eigenvalue weighted by Gasteiger charge is 2.32. The average molecular weight is 478 g/mol. The molecule has 34 heavy (non-hydrogen) atoms. The van der Waals surface area contributed by atoms with Crippen LogP contribution in [0, 0.1) is 11.3 Å². The highest BCUT2D eigenvalue weighted by molar-refractivity contribution is 7.93. The quantitative estimate of drug-likeness (QED) is 0.518. The minimum Gasteiger partial charge on any atom is -0.491 e. The highest BCUT2D eigenvalue weighted by atomic mass is 32.2. The average Bonchev–Trinajstić information content (AvgIpc) is 3.26. The molecule has 0 amide bonds. The van der Waals surface area contributed by atoms with Crippen LogP contribution in [-0.2, 0) is 14.8 Å². The van der Waals surface area contributed by atoms with Crippen molar-refractivity contribution in [2.24, 2.45) is 0 Å². The second-order valence-electron chi connectivity index (χ2n) is 9.35. The third-order valence-electron chi connectivity index (χ3n) is 6.99. The number of nitrogens with zero attached hydrogens (tertiary/aromatic N) is 3. The fraction of sp³-hybridized carbons (Fsp3) is 0.423. The molecule has 0 bridgehead atoms. The number of sulfonamides is 1. The molecule has 1 atom stereocenters. The van der Waals surface area contributed by atoms with Gasteiger partial charge >= 0.3 is 0 Å². The summed E-state index contributed by atoms with van der Waals surface area (Å²) in [7, 11) is -3.23. The number of rotatable bonds is 6. The predicted molar refractivity (Wildman–Crippen MR) is 131 cm³/mol. The zero-order chi connectivity index (χ0) is 23.3. The molecule has 3 fully saturated rings. The topological polar surface area (TPSA) is 84.6 Å². The molecule has 3 aliphatic rings. The molecular weight excluding hydrogens is 450 g/mol. The van der Waals surface area contributed by atoms with E-state index in [1.165, 1.54) is 4.31 Å². The van der Waals surface area contributed by atoms with Gasteiger partial charge in [0.05, 0.1) is 34.3 Å². The van der Waals surface area contributed by atoms with Gasteiger partial charge in [0, 0.05) is 30.6 Å². The van der Waals surface area contributed by atoms with Crippen LogP contribution in [0.1, 0.15) is 43.7 Å². The molecule has 0 N–H and O–H groups in total. The van der Waals surface area contributed by atoms with Gasteiger partial charge in [0.25, 0.3) is 0 Å². The highest BCUT2D eigenvalue weighted by Crippen LogP contribution is 2.45. The lowest BCUT2D eigenvalue weighted by atomic mass is 10.1. The zero-order valence-electron chi connectivity index (χ0n) is 18.9. The Bertz CT molecular complexity index is 1380. The van der Waals surface area contributed by atoms with Crippen LogP contribution in [-0.4, -0.2) is 44.6 Å². The van der Waals surface area contributed by atoms with Gasteiger partial charge in [-0.1, -0.05) is 12.1 Å². The van der Waals surface area contributed by atoms with Crippen molar-refractivity contribution >= 4 is 26.6 Å². The molecule has 0 unspecified atom stereocenters. The van der Waals surface area contributed by atoms with Crippen molar-refractivity contribution in [1.29, 1.82) is 5.26 Å². The van der Waals surface area contributed by atoms with E-state index in [0.29, 0.717) is 36.9 Å². The van der Waals surface area contributed by atoms with Crippen molar-refractivity contribution in [3.63, 3.8) is 0 Å². The van der Waals surface area contributed by atoms with Gasteiger partial charge in [-0.2, -0.15) is 5.26 Å². The Labute approximate surface area is 199 Å². The van der Waals surface area contributed by atoms with E-state index < -0.39 is 10.0 Å². The standard InChI is InChI=1S/C26H27N3O4S/c27-16-24-23-11-10-21(33-17-22-3-1-13-32-22)15-25(23)29(20-8-9-20)26(24)18-4-6-19(7-5-18)28-12-2-14-34(28,30)31/h4-7,10-11,15,20,22H,1-3,8-9,12-14,17H2/t22-/m1/s1. The molecule has 7 nitrogen and oxygen atoms in total. The molecule has 2 saturated heterocycles. The smallest absolute Gasteiger partial charge is 0.235 e. The van der Waals surface area contributed by atoms with E-state index in [9.17, 15) is 13.7 Å². The summed E-state index contributed by atoms with van der Waals surface area (Å²) in [6.07, 6.45) is 5.05. The Hall–Kier alpha value is -3.02. The van der Waals surface area contributed by atoms with Gasteiger partial charge in [0.15, 0.2) is 0 Å². The van der Waals surface area contributed by atoms with Gasteiger partial charge in [-0.15, -0.1) is 0 Å². The lowest BCUT2D eigenvalue weighted by molar-refractivity contribution is 0.0680. The molecule has 2 aliphatic heterocycles. The minimum atomic E-state index is -3.23. The third-order valence-corrected chi connectivity index (χ3v) is 8.86. The van der Waals surface area contributed by atoms with Crippen molar-refractivity contribution < 1.29 is 17.9 Å². The lowest BCUT2D eigenvalue weighted by Crippen LogP contribution is -2.24. The summed E-state index contributed by atoms with van der Waals surface area (Å²) in [5.74, 6) is 0.980. The molecule has 1 aromatic heterocycles. The molecule has 8 heteroatoms. The molecule has 176 valence electrons. The van der Waals surface area contributed by atoms with E-state index >= 15 is 0 Å². The van der Waals surface area contributed by atoms with E-state index in [0.717, 1.165) is 60.2 Å². The molecule has 2 aromatic carbocycles. The number of ether oxygens (including phenoxy) is 2. The van der Waals surface area contributed by atoms with Crippen molar-refractivity contribution in [2.45, 2.75) is 44.2 Å². The van der Waals surface area contributed by atoms with Crippen LogP contribution in [0.3, 0.4) is 0 Å². The van der Waals surface area contributed by atoms with E-state index in [4.69, 9.17) is 9.47 Å². The number of anilines is 1. The Balaban J connectivity index is 1.39. The second kappa shape index (κ2) is 8.33. The Morgan fingerprint density at radius 2 is 1.91 bits per heavy atom. The Morgan fingerprint density at radius 1 is 1.09 bits per heavy atom. The van der Waals surface area contributed by atoms with Gasteiger partial charge in [0.2, 0.25) is 10.0 Å². The van der Waals surface area contributed by atoms with Gasteiger partial charge in [-0.3, -0.25) is 4.31 Å². The van der Waals surface area contributed by atoms with Crippen molar-refractivity contribution in [3.05, 3.63) is 48.0 Å². The first kappa shape index (κ1) is 21.5. The number of hydrogen-bond acceptors (Lipinski definition) is 5. The Morgan fingerprint density at radius 3 is 2.56 bits per heavy atom. The lowest BCUT2D eigenvalue weighted by Gasteiger charge is -2.17. The summed E-state index contributed by atoms with van der Waals surface area (Å²) >= 11 is 0. The van der Waals surface area contributed by atoms with Gasteiger partial charge in [-0.05, 0) is 61.9 Å². The maximum Gasteiger partial charge on any atom is 0.235 e. The molecular formula is C26H27N3O4S. The van der Waals surface area contributed by atoms with E-state index in [2.05, 4.69) is 10.6 Å². The SMILES string of the molecule is N#Cc1c(-c2ccc(N3CCCS3(=O)=O)cc2)n(C2CC2)c2cc(OC[C@H]3CCCO3)ccc12. The maximum absolute atomic E-state index is 12.3. The van der Waals surface area contributed by atoms with Crippen LogP contribution >= 0.6 is 0 Å². The molecule has 3 heterocycles. The first-order chi connectivity index (χ1) is 16.5. The molecule has 6 rings (SSSR count). The number of benzene rings is 2. The van der Waals surface area contributed by atoms with E-state index in [1.807, 2.05) is 42.5 Å². The summed E-state index contributed by atoms with van der Waals surface area (Å²) in [6.45, 7) is 1.85. The van der Waals surface area contributed by atoms with Gasteiger partial charge in [0.1, 0.15) is 18.4 Å². The Kier molecular flexibility index (Phi) is 5.27. The van der Waals surface area contributed by atoms with Crippen LogP contribution in [0.25, 0.3) is 22.2 Å². The zero-order valence-corrected chi connectivity index (χ0v) is 19.8. The molecule has 0 spiro atoms. The monoisotopic (exact) mass is 477 g/mol. The number of aromatic nitrogens is 1. The van der Waals surface area contributed by atoms with Crippen molar-refractivity contribution in [1.82, 2.24) is 4.57 Å². The van der Waals surface area contributed by atoms with Crippen molar-refractivity contribution in [2.75, 3.05) is 29.8 Å². The molecule has 1 aliphatic carbocycles. The van der Waals surface area contributed by atoms with Crippen LogP contribution in [0.5, 0.6) is 5.75 Å². The normalized spacial score (nSPS) is 21.7. The second-order valence-corrected chi connectivity index (χ2v) is 11.4. The van der Waals surface area contributed by atoms with Crippen LogP contribution in [0.15, 0.2) is 42.5 Å². The van der Waals surface area contributed by atoms with E-state index in [1.54, 1.807) is 0 Å². The van der Waals surface area contributed by atoms with E-state index in [-0.39, 0.29) is 11.9 Å². The largest absolute Gasteiger partial charge is 0.491 e. The molecule has 1 saturated carbocycles. The summed E-state index contributed by atoms with van der Waals surface area (Å²) in [5, 5.41) is 11.0. The molecule has 3 aromatic rings. The minimum absolute atomic E-state index is 0.147. The fourth-order valence-electron chi connectivity index (χ4n) is 5.17. The number of hydrogen-bond donors (Lipinski definition) is 0. The predicted octanol–water partition coefficient (Wildman–Crippen LogP) is 4.61. The molecule has 0 radical (unpaired) electrons. The number of nitriles is 1. The fourth-order valence-corrected chi connectivity index (χ4v) is 6.73. The maximum atomic E-state index is 12.3. The van der Waals surface area contributed by atoms with Crippen LogP contribution in [0.4, 0.5) is 5.69 Å². The third kappa shape index (κ3) is 3.73. The summed E-state index contributed by atoms with van der Waals surface area (Å²) in [5.41, 5.74) is 4.15. The first-order valence-electron chi connectivity index (χ1n) is 12.0. The van der Waals surface area contributed by atoms with Gasteiger partial charge in [-0.25, -0.2) is 8.42 Å². The number of fused-ring (bicyclic) bond motifs is 1. The summed E-state index contributed by atoms with van der Waals surface area (Å²) in [4.78, 5) is 0. The first-order valence-corrected chi connectivity index (χ1v) is 13.6. The van der Waals surface area contributed by atoms with Crippen molar-refractivity contribution in [3.8, 4) is 23.1 Å². The van der Waals surface area contributed by atoms with Gasteiger partial charge < -0.3 is 14.0 Å². The summed E-state index contributed by atoms with van der Waals surface area (Å²) in [6, 6.07) is 16.3. The van der Waals surface area contributed by atoms with Crippen LogP contribution < -0.4 is 9.04 Å².